The molecule has 2 aliphatic rings. The normalized spacial score (nSPS) is 15.1. The maximum Gasteiger partial charge on any atom is 0.264 e. The topological polar surface area (TPSA) is 77.1 Å². The second kappa shape index (κ2) is 6.59. The van der Waals surface area contributed by atoms with Crippen molar-refractivity contribution in [2.75, 3.05) is 37.1 Å². The summed E-state index contributed by atoms with van der Waals surface area (Å²) in [7, 11) is 1.68. The van der Waals surface area contributed by atoms with Crippen LogP contribution in [-0.4, -0.2) is 38.7 Å². The fourth-order valence-electron chi connectivity index (χ4n) is 2.98. The molecule has 7 nitrogen and oxygen atoms in total. The van der Waals surface area contributed by atoms with Gasteiger partial charge < -0.3 is 24.4 Å². The van der Waals surface area contributed by atoms with Crippen LogP contribution in [0.15, 0.2) is 36.4 Å². The van der Waals surface area contributed by atoms with Gasteiger partial charge in [-0.15, -0.1) is 0 Å². The summed E-state index contributed by atoms with van der Waals surface area (Å²) in [5, 5.41) is 2.86. The van der Waals surface area contributed by atoms with Crippen LogP contribution in [0.4, 0.5) is 11.4 Å². The average Bonchev–Trinajstić information content (AvgIpc) is 2.65. The van der Waals surface area contributed by atoms with Crippen molar-refractivity contribution in [3.63, 3.8) is 0 Å². The summed E-state index contributed by atoms with van der Waals surface area (Å²) in [6.45, 7) is 0.990. The largest absolute Gasteiger partial charge is 0.486 e. The van der Waals surface area contributed by atoms with Crippen molar-refractivity contribution >= 4 is 23.2 Å². The lowest BCUT2D eigenvalue weighted by Gasteiger charge is -2.27. The zero-order valence-electron chi connectivity index (χ0n) is 14.3. The van der Waals surface area contributed by atoms with Gasteiger partial charge in [0.1, 0.15) is 13.2 Å². The molecule has 0 aromatic heterocycles. The number of hydrogen-bond acceptors (Lipinski definition) is 5. The molecular formula is C19H18N2O5. The van der Waals surface area contributed by atoms with E-state index < -0.39 is 0 Å². The SMILES string of the molecule is CN1C(=O)COc2c(NC(=O)Cc3ccc4c(c3)OCCO4)cccc21. The summed E-state index contributed by atoms with van der Waals surface area (Å²) in [6, 6.07) is 10.8. The minimum atomic E-state index is -0.182. The average molecular weight is 354 g/mol. The summed E-state index contributed by atoms with van der Waals surface area (Å²) in [6.07, 6.45) is 0.190. The molecule has 2 aromatic rings. The third-order valence-corrected chi connectivity index (χ3v) is 4.32. The fraction of sp³-hybridized carbons (Fsp3) is 0.263. The molecule has 7 heteroatoms. The Morgan fingerprint density at radius 1 is 1.12 bits per heavy atom. The van der Waals surface area contributed by atoms with E-state index in [-0.39, 0.29) is 24.8 Å². The zero-order valence-corrected chi connectivity index (χ0v) is 14.3. The molecule has 0 bridgehead atoms. The Balaban J connectivity index is 1.50. The van der Waals surface area contributed by atoms with Gasteiger partial charge in [0.05, 0.1) is 17.8 Å². The Morgan fingerprint density at radius 2 is 1.92 bits per heavy atom. The second-order valence-corrected chi connectivity index (χ2v) is 6.10. The number of amides is 2. The number of likely N-dealkylation sites (N-methyl/N-ethyl adjacent to an activating group) is 1. The minimum Gasteiger partial charge on any atom is -0.486 e. The summed E-state index contributed by atoms with van der Waals surface area (Å²) < 4.78 is 16.6. The first kappa shape index (κ1) is 16.3. The van der Waals surface area contributed by atoms with E-state index in [1.165, 1.54) is 4.90 Å². The number of carbonyl (C=O) groups is 2. The third-order valence-electron chi connectivity index (χ3n) is 4.32. The first-order valence-corrected chi connectivity index (χ1v) is 8.32. The van der Waals surface area contributed by atoms with Gasteiger partial charge in [-0.05, 0) is 29.8 Å². The van der Waals surface area contributed by atoms with Crippen molar-refractivity contribution in [3.05, 3.63) is 42.0 Å². The Morgan fingerprint density at radius 3 is 2.77 bits per heavy atom. The maximum absolute atomic E-state index is 12.5. The van der Waals surface area contributed by atoms with Crippen LogP contribution in [-0.2, 0) is 16.0 Å². The van der Waals surface area contributed by atoms with Gasteiger partial charge >= 0.3 is 0 Å². The van der Waals surface area contributed by atoms with Gasteiger partial charge in [-0.2, -0.15) is 0 Å². The highest BCUT2D eigenvalue weighted by molar-refractivity contribution is 6.01. The van der Waals surface area contributed by atoms with Crippen molar-refractivity contribution in [1.29, 1.82) is 0 Å². The molecule has 0 fully saturated rings. The first-order chi connectivity index (χ1) is 12.6. The maximum atomic E-state index is 12.5. The molecule has 0 saturated heterocycles. The summed E-state index contributed by atoms with van der Waals surface area (Å²) >= 11 is 0. The quantitative estimate of drug-likeness (QED) is 0.912. The summed E-state index contributed by atoms with van der Waals surface area (Å²) in [4.78, 5) is 25.7. The number of para-hydroxylation sites is 1. The molecule has 1 N–H and O–H groups in total. The number of hydrogen-bond donors (Lipinski definition) is 1. The van der Waals surface area contributed by atoms with E-state index in [4.69, 9.17) is 14.2 Å². The lowest BCUT2D eigenvalue weighted by Crippen LogP contribution is -2.35. The van der Waals surface area contributed by atoms with Crippen molar-refractivity contribution < 1.29 is 23.8 Å². The number of rotatable bonds is 3. The molecule has 134 valence electrons. The van der Waals surface area contributed by atoms with Crippen LogP contribution in [0.1, 0.15) is 5.56 Å². The Labute approximate surface area is 150 Å². The molecule has 0 atom stereocenters. The molecule has 2 amide bonds. The molecule has 0 radical (unpaired) electrons. The Hall–Kier alpha value is -3.22. The lowest BCUT2D eigenvalue weighted by atomic mass is 10.1. The minimum absolute atomic E-state index is 0.0431. The second-order valence-electron chi connectivity index (χ2n) is 6.10. The van der Waals surface area contributed by atoms with Crippen LogP contribution >= 0.6 is 0 Å². The van der Waals surface area contributed by atoms with Gasteiger partial charge in [0.15, 0.2) is 23.9 Å². The third kappa shape index (κ3) is 3.03. The Bertz CT molecular complexity index is 880. The van der Waals surface area contributed by atoms with E-state index in [9.17, 15) is 9.59 Å². The highest BCUT2D eigenvalue weighted by Gasteiger charge is 2.25. The van der Waals surface area contributed by atoms with E-state index >= 15 is 0 Å². The molecule has 26 heavy (non-hydrogen) atoms. The zero-order chi connectivity index (χ0) is 18.1. The predicted octanol–water partition coefficient (Wildman–Crippen LogP) is 1.99. The van der Waals surface area contributed by atoms with Crippen molar-refractivity contribution in [2.24, 2.45) is 0 Å². The van der Waals surface area contributed by atoms with Crippen LogP contribution in [0.25, 0.3) is 0 Å². The van der Waals surface area contributed by atoms with E-state index in [1.54, 1.807) is 25.2 Å². The molecule has 0 unspecified atom stereocenters. The van der Waals surface area contributed by atoms with Gasteiger partial charge in [-0.3, -0.25) is 9.59 Å². The highest BCUT2D eigenvalue weighted by atomic mass is 16.6. The van der Waals surface area contributed by atoms with Crippen molar-refractivity contribution in [3.8, 4) is 17.2 Å². The van der Waals surface area contributed by atoms with Crippen LogP contribution < -0.4 is 24.4 Å². The molecule has 4 rings (SSSR count). The number of nitrogens with one attached hydrogen (secondary N) is 1. The number of ether oxygens (including phenoxy) is 3. The van der Waals surface area contributed by atoms with E-state index in [0.717, 1.165) is 5.56 Å². The molecule has 2 aromatic carbocycles. The number of carbonyl (C=O) groups excluding carboxylic acids is 2. The van der Waals surface area contributed by atoms with E-state index in [2.05, 4.69) is 5.32 Å². The number of fused-ring (bicyclic) bond motifs is 2. The smallest absolute Gasteiger partial charge is 0.264 e. The van der Waals surface area contributed by atoms with E-state index in [1.807, 2.05) is 18.2 Å². The van der Waals surface area contributed by atoms with Crippen LogP contribution in [0.2, 0.25) is 0 Å². The monoisotopic (exact) mass is 354 g/mol. The molecule has 0 spiro atoms. The first-order valence-electron chi connectivity index (χ1n) is 8.32. The summed E-state index contributed by atoms with van der Waals surface area (Å²) in [5.74, 6) is 1.54. The van der Waals surface area contributed by atoms with Gasteiger partial charge in [-0.1, -0.05) is 12.1 Å². The van der Waals surface area contributed by atoms with Crippen LogP contribution in [0, 0.1) is 0 Å². The number of benzene rings is 2. The van der Waals surface area contributed by atoms with Gasteiger partial charge in [0.25, 0.3) is 5.91 Å². The fourth-order valence-corrected chi connectivity index (χ4v) is 2.98. The van der Waals surface area contributed by atoms with Gasteiger partial charge in [-0.25, -0.2) is 0 Å². The molecule has 0 saturated carbocycles. The number of nitrogens with zero attached hydrogens (tertiary/aromatic N) is 1. The van der Waals surface area contributed by atoms with Crippen LogP contribution in [0.3, 0.4) is 0 Å². The lowest BCUT2D eigenvalue weighted by molar-refractivity contribution is -0.121. The molecular weight excluding hydrogens is 336 g/mol. The standard InChI is InChI=1S/C19H18N2O5/c1-21-14-4-2-3-13(19(14)26-11-18(21)23)20-17(22)10-12-5-6-15-16(9-12)25-8-7-24-15/h2-6,9H,7-8,10-11H2,1H3,(H,20,22). The number of anilines is 2. The Kier molecular flexibility index (Phi) is 4.12. The van der Waals surface area contributed by atoms with Crippen molar-refractivity contribution in [1.82, 2.24) is 0 Å². The molecule has 0 aliphatic carbocycles. The van der Waals surface area contributed by atoms with Crippen molar-refractivity contribution in [2.45, 2.75) is 6.42 Å². The van der Waals surface area contributed by atoms with Crippen LogP contribution in [0.5, 0.6) is 17.2 Å². The van der Waals surface area contributed by atoms with E-state index in [0.29, 0.717) is 41.8 Å². The summed E-state index contributed by atoms with van der Waals surface area (Å²) in [5.41, 5.74) is 2.01. The highest BCUT2D eigenvalue weighted by Crippen LogP contribution is 2.38. The van der Waals surface area contributed by atoms with Gasteiger partial charge in [0.2, 0.25) is 5.91 Å². The molecule has 2 aliphatic heterocycles. The predicted molar refractivity (Wildman–Crippen MR) is 95.1 cm³/mol. The van der Waals surface area contributed by atoms with Gasteiger partial charge in [0, 0.05) is 7.05 Å². The molecule has 2 heterocycles.